The van der Waals surface area contributed by atoms with Crippen LogP contribution >= 0.6 is 0 Å². The van der Waals surface area contributed by atoms with Gasteiger partial charge in [-0.2, -0.15) is 0 Å². The number of para-hydroxylation sites is 1. The summed E-state index contributed by atoms with van der Waals surface area (Å²) in [6, 6.07) is 16.5. The second kappa shape index (κ2) is 8.55. The van der Waals surface area contributed by atoms with Crippen LogP contribution in [0.15, 0.2) is 59.7 Å². The van der Waals surface area contributed by atoms with Crippen molar-refractivity contribution in [3.63, 3.8) is 0 Å². The van der Waals surface area contributed by atoms with Crippen LogP contribution in [-0.2, 0) is 11.3 Å². The van der Waals surface area contributed by atoms with E-state index in [0.29, 0.717) is 12.5 Å². The molecule has 4 rings (SSSR count). The molecule has 3 aromatic rings. The Labute approximate surface area is 191 Å². The number of aliphatic imine (C=N–C) groups is 1. The van der Waals surface area contributed by atoms with Gasteiger partial charge in [-0.25, -0.2) is 4.98 Å². The maximum absolute atomic E-state index is 6.32. The zero-order valence-electron chi connectivity index (χ0n) is 19.8. The van der Waals surface area contributed by atoms with Crippen LogP contribution in [0.5, 0.6) is 5.75 Å². The van der Waals surface area contributed by atoms with Gasteiger partial charge in [0.15, 0.2) is 0 Å². The van der Waals surface area contributed by atoms with E-state index in [1.807, 2.05) is 18.2 Å². The smallest absolute Gasteiger partial charge is 0.148 e. The van der Waals surface area contributed by atoms with Crippen molar-refractivity contribution in [2.45, 2.75) is 64.2 Å². The van der Waals surface area contributed by atoms with Gasteiger partial charge in [0, 0.05) is 17.8 Å². The van der Waals surface area contributed by atoms with Crippen molar-refractivity contribution in [2.75, 3.05) is 7.11 Å². The monoisotopic (exact) mass is 431 g/mol. The van der Waals surface area contributed by atoms with Gasteiger partial charge in [-0.15, -0.1) is 0 Å². The van der Waals surface area contributed by atoms with Gasteiger partial charge < -0.3 is 9.47 Å². The minimum Gasteiger partial charge on any atom is -0.496 e. The zero-order valence-corrected chi connectivity index (χ0v) is 19.8. The van der Waals surface area contributed by atoms with Crippen LogP contribution < -0.4 is 4.74 Å². The summed E-state index contributed by atoms with van der Waals surface area (Å²) >= 11 is 0. The molecule has 0 spiro atoms. The predicted octanol–water partition coefficient (Wildman–Crippen LogP) is 6.20. The molecule has 0 bridgehead atoms. The summed E-state index contributed by atoms with van der Waals surface area (Å²) in [5.41, 5.74) is 3.87. The lowest BCUT2D eigenvalue weighted by molar-refractivity contribution is -0.162. The molecule has 1 saturated heterocycles. The van der Waals surface area contributed by atoms with Crippen molar-refractivity contribution in [3.8, 4) is 22.8 Å². The number of hydrogen-bond acceptors (Lipinski definition) is 4. The Bertz CT molecular complexity index is 1080. The van der Waals surface area contributed by atoms with Crippen LogP contribution in [0.25, 0.3) is 17.1 Å². The van der Waals surface area contributed by atoms with Gasteiger partial charge in [0.25, 0.3) is 0 Å². The first-order valence-corrected chi connectivity index (χ1v) is 11.2. The lowest BCUT2D eigenvalue weighted by atomic mass is 9.79. The van der Waals surface area contributed by atoms with Crippen molar-refractivity contribution in [1.82, 2.24) is 9.55 Å². The van der Waals surface area contributed by atoms with Crippen molar-refractivity contribution in [2.24, 2.45) is 4.99 Å². The zero-order chi connectivity index (χ0) is 22.9. The molecule has 0 saturated carbocycles. The fourth-order valence-electron chi connectivity index (χ4n) is 5.00. The number of nitrogens with zero attached hydrogens (tertiary/aromatic N) is 3. The van der Waals surface area contributed by atoms with Gasteiger partial charge in [0.05, 0.1) is 36.1 Å². The van der Waals surface area contributed by atoms with Crippen molar-refractivity contribution in [1.29, 1.82) is 0 Å². The molecule has 0 radical (unpaired) electrons. The standard InChI is InChI=1S/C27H33N3O2/c1-26(2)15-20(16-27(3,4)32-26)23-18-30(21-13-11-19(12-14-21)17-28-5)25(29-23)22-9-7-8-10-24(22)31-6/h7-14,18,20H,5,15-17H2,1-4,6H3. The van der Waals surface area contributed by atoms with E-state index in [1.54, 1.807) is 7.11 Å². The Morgan fingerprint density at radius 1 is 1.06 bits per heavy atom. The summed E-state index contributed by atoms with van der Waals surface area (Å²) in [5.74, 6) is 2.01. The number of methoxy groups -OCH3 is 1. The van der Waals surface area contributed by atoms with E-state index >= 15 is 0 Å². The van der Waals surface area contributed by atoms with E-state index in [4.69, 9.17) is 14.5 Å². The summed E-state index contributed by atoms with van der Waals surface area (Å²) in [7, 11) is 1.70. The van der Waals surface area contributed by atoms with Crippen molar-refractivity contribution in [3.05, 3.63) is 66.0 Å². The average Bonchev–Trinajstić information content (AvgIpc) is 3.18. The number of rotatable bonds is 6. The molecule has 0 amide bonds. The molecule has 1 aliphatic rings. The Morgan fingerprint density at radius 3 is 2.34 bits per heavy atom. The second-order valence-electron chi connectivity index (χ2n) is 9.83. The third-order valence-electron chi connectivity index (χ3n) is 6.03. The van der Waals surface area contributed by atoms with Gasteiger partial charge in [-0.05, 0) is 77.1 Å². The summed E-state index contributed by atoms with van der Waals surface area (Å²) in [4.78, 5) is 9.17. The second-order valence-corrected chi connectivity index (χ2v) is 9.83. The summed E-state index contributed by atoms with van der Waals surface area (Å²) in [6.07, 6.45) is 4.05. The first kappa shape index (κ1) is 22.3. The lowest BCUT2D eigenvalue weighted by Gasteiger charge is -2.45. The Morgan fingerprint density at radius 2 is 1.72 bits per heavy atom. The van der Waals surface area contributed by atoms with Gasteiger partial charge in [0.1, 0.15) is 11.6 Å². The number of benzene rings is 2. The molecular weight excluding hydrogens is 398 g/mol. The van der Waals surface area contributed by atoms with Gasteiger partial charge in [-0.3, -0.25) is 9.56 Å². The minimum atomic E-state index is -0.194. The summed E-state index contributed by atoms with van der Waals surface area (Å²) in [5, 5.41) is 0. The molecule has 5 heteroatoms. The molecule has 32 heavy (non-hydrogen) atoms. The fraction of sp³-hybridized carbons (Fsp3) is 0.407. The largest absolute Gasteiger partial charge is 0.496 e. The van der Waals surface area contributed by atoms with E-state index in [-0.39, 0.29) is 11.2 Å². The van der Waals surface area contributed by atoms with E-state index < -0.39 is 0 Å². The predicted molar refractivity (Wildman–Crippen MR) is 130 cm³/mol. The molecule has 2 aromatic carbocycles. The topological polar surface area (TPSA) is 48.6 Å². The van der Waals surface area contributed by atoms with Crippen molar-refractivity contribution >= 4 is 6.72 Å². The highest BCUT2D eigenvalue weighted by molar-refractivity contribution is 5.67. The van der Waals surface area contributed by atoms with Gasteiger partial charge in [-0.1, -0.05) is 24.3 Å². The number of hydrogen-bond donors (Lipinski definition) is 0. The third-order valence-corrected chi connectivity index (χ3v) is 6.03. The normalized spacial score (nSPS) is 17.8. The van der Waals surface area contributed by atoms with Crippen LogP contribution in [0.2, 0.25) is 0 Å². The van der Waals surface area contributed by atoms with Crippen molar-refractivity contribution < 1.29 is 9.47 Å². The van der Waals surface area contributed by atoms with Crippen LogP contribution in [0, 0.1) is 0 Å². The van der Waals surface area contributed by atoms with Crippen LogP contribution in [0.3, 0.4) is 0 Å². The molecule has 0 N–H and O–H groups in total. The molecule has 1 aliphatic heterocycles. The van der Waals surface area contributed by atoms with E-state index in [2.05, 4.69) is 80.5 Å². The lowest BCUT2D eigenvalue weighted by Crippen LogP contribution is -2.44. The Kier molecular flexibility index (Phi) is 5.95. The average molecular weight is 432 g/mol. The van der Waals surface area contributed by atoms with E-state index in [9.17, 15) is 0 Å². The van der Waals surface area contributed by atoms with Crippen LogP contribution in [0.4, 0.5) is 0 Å². The molecule has 1 fully saturated rings. The maximum Gasteiger partial charge on any atom is 0.148 e. The Hall–Kier alpha value is -2.92. The number of ether oxygens (including phenoxy) is 2. The third kappa shape index (κ3) is 4.63. The van der Waals surface area contributed by atoms with Gasteiger partial charge in [0.2, 0.25) is 0 Å². The van der Waals surface area contributed by atoms with Crippen LogP contribution in [-0.4, -0.2) is 34.6 Å². The number of imidazole rings is 1. The first-order valence-electron chi connectivity index (χ1n) is 11.2. The highest BCUT2D eigenvalue weighted by atomic mass is 16.5. The SMILES string of the molecule is C=NCc1ccc(-n2cc(C3CC(C)(C)OC(C)(C)C3)nc2-c2ccccc2OC)cc1. The molecule has 5 nitrogen and oxygen atoms in total. The first-order chi connectivity index (χ1) is 15.2. The molecule has 168 valence electrons. The molecule has 0 atom stereocenters. The molecular formula is C27H33N3O2. The summed E-state index contributed by atoms with van der Waals surface area (Å²) < 4.78 is 14.2. The highest BCUT2D eigenvalue weighted by Crippen LogP contribution is 2.44. The Balaban J connectivity index is 1.83. The quantitative estimate of drug-likeness (QED) is 0.437. The molecule has 1 aromatic heterocycles. The molecule has 0 aliphatic carbocycles. The number of aromatic nitrogens is 2. The van der Waals surface area contributed by atoms with E-state index in [1.165, 1.54) is 0 Å². The highest BCUT2D eigenvalue weighted by Gasteiger charge is 2.41. The minimum absolute atomic E-state index is 0.194. The summed E-state index contributed by atoms with van der Waals surface area (Å²) in [6.45, 7) is 12.9. The van der Waals surface area contributed by atoms with Crippen LogP contribution in [0.1, 0.15) is 57.7 Å². The van der Waals surface area contributed by atoms with E-state index in [0.717, 1.165) is 46.9 Å². The maximum atomic E-state index is 6.32. The molecule has 2 heterocycles. The fourth-order valence-corrected chi connectivity index (χ4v) is 5.00. The molecule has 0 unspecified atom stereocenters. The van der Waals surface area contributed by atoms with Gasteiger partial charge >= 0.3 is 0 Å².